The van der Waals surface area contributed by atoms with Gasteiger partial charge in [-0.25, -0.2) is 13.6 Å². The number of carbonyl (C=O) groups excluding carboxylic acids is 1. The number of benzene rings is 2. The normalized spacial score (nSPS) is 10.0. The number of amides is 1. The molecule has 5 nitrogen and oxygen atoms in total. The Morgan fingerprint density at radius 3 is 2.32 bits per heavy atom. The van der Waals surface area contributed by atoms with E-state index in [1.165, 1.54) is 6.08 Å². The average Bonchev–Trinajstić information content (AvgIpc) is 2.57. The number of alkyl carbamates (subject to hydrolysis) is 1. The van der Waals surface area contributed by atoms with Crippen LogP contribution in [0.25, 0.3) is 0 Å². The Morgan fingerprint density at radius 2 is 1.68 bits per heavy atom. The molecule has 7 heteroatoms. The third-order valence-electron chi connectivity index (χ3n) is 2.87. The molecule has 2 aromatic rings. The second-order valence-electron chi connectivity index (χ2n) is 4.84. The van der Waals surface area contributed by atoms with Crippen LogP contribution in [0.1, 0.15) is 0 Å². The van der Waals surface area contributed by atoms with E-state index in [1.807, 2.05) is 0 Å². The third-order valence-corrected chi connectivity index (χ3v) is 2.87. The van der Waals surface area contributed by atoms with Crippen LogP contribution >= 0.6 is 0 Å². The zero-order chi connectivity index (χ0) is 18.1. The van der Waals surface area contributed by atoms with Gasteiger partial charge in [-0.15, -0.1) is 0 Å². The lowest BCUT2D eigenvalue weighted by molar-refractivity contribution is 0.156. The molecule has 2 aromatic carbocycles. The predicted octanol–water partition coefficient (Wildman–Crippen LogP) is 4.05. The standard InChI is InChI=1S/C18H17F2NO4/c1-2-8-24-18(22)21-7-9-23-15-3-5-16(6-4-15)25-17-11-13(19)10-14(20)12-17/h2-6,10-12H,1,7-9H2,(H,21,22). The quantitative estimate of drug-likeness (QED) is 0.577. The number of hydrogen-bond donors (Lipinski definition) is 1. The summed E-state index contributed by atoms with van der Waals surface area (Å²) < 4.78 is 41.8. The van der Waals surface area contributed by atoms with E-state index in [1.54, 1.807) is 24.3 Å². The lowest BCUT2D eigenvalue weighted by atomic mass is 10.3. The van der Waals surface area contributed by atoms with Crippen LogP contribution in [-0.4, -0.2) is 25.9 Å². The van der Waals surface area contributed by atoms with Gasteiger partial charge in [-0.3, -0.25) is 0 Å². The average molecular weight is 349 g/mol. The van der Waals surface area contributed by atoms with Gasteiger partial charge in [0.1, 0.15) is 42.1 Å². The van der Waals surface area contributed by atoms with E-state index < -0.39 is 17.7 Å². The van der Waals surface area contributed by atoms with Gasteiger partial charge in [-0.05, 0) is 24.3 Å². The summed E-state index contributed by atoms with van der Waals surface area (Å²) in [7, 11) is 0. The lowest BCUT2D eigenvalue weighted by Gasteiger charge is -2.09. The molecule has 1 N–H and O–H groups in total. The fourth-order valence-electron chi connectivity index (χ4n) is 1.84. The molecule has 0 aliphatic heterocycles. The van der Waals surface area contributed by atoms with Gasteiger partial charge in [-0.2, -0.15) is 0 Å². The molecule has 25 heavy (non-hydrogen) atoms. The topological polar surface area (TPSA) is 56.8 Å². The van der Waals surface area contributed by atoms with E-state index in [2.05, 4.69) is 11.9 Å². The van der Waals surface area contributed by atoms with Crippen LogP contribution in [0.15, 0.2) is 55.1 Å². The number of ether oxygens (including phenoxy) is 3. The minimum Gasteiger partial charge on any atom is -0.492 e. The van der Waals surface area contributed by atoms with Crippen LogP contribution in [0, 0.1) is 11.6 Å². The minimum absolute atomic E-state index is 0.0633. The number of nitrogens with one attached hydrogen (secondary N) is 1. The van der Waals surface area contributed by atoms with Gasteiger partial charge in [0.05, 0.1) is 6.54 Å². The van der Waals surface area contributed by atoms with Crippen molar-refractivity contribution >= 4 is 6.09 Å². The Kier molecular flexibility index (Phi) is 6.76. The molecule has 1 amide bonds. The molecule has 0 aliphatic rings. The lowest BCUT2D eigenvalue weighted by Crippen LogP contribution is -2.28. The van der Waals surface area contributed by atoms with Gasteiger partial charge in [-0.1, -0.05) is 12.7 Å². The highest BCUT2D eigenvalue weighted by Crippen LogP contribution is 2.25. The molecule has 132 valence electrons. The summed E-state index contributed by atoms with van der Waals surface area (Å²) in [5, 5.41) is 2.51. The first kappa shape index (κ1) is 18.3. The molecule has 0 aliphatic carbocycles. The first-order valence-electron chi connectivity index (χ1n) is 7.45. The van der Waals surface area contributed by atoms with Crippen molar-refractivity contribution in [2.45, 2.75) is 0 Å². The van der Waals surface area contributed by atoms with Crippen molar-refractivity contribution in [3.63, 3.8) is 0 Å². The van der Waals surface area contributed by atoms with Crippen LogP contribution in [0.5, 0.6) is 17.2 Å². The molecule has 2 rings (SSSR count). The second-order valence-corrected chi connectivity index (χ2v) is 4.84. The first-order chi connectivity index (χ1) is 12.1. The third kappa shape index (κ3) is 6.50. The van der Waals surface area contributed by atoms with E-state index in [0.717, 1.165) is 18.2 Å². The summed E-state index contributed by atoms with van der Waals surface area (Å²) in [4.78, 5) is 11.2. The molecule has 0 aromatic heterocycles. The predicted molar refractivity (Wildman–Crippen MR) is 87.9 cm³/mol. The Bertz CT molecular complexity index is 699. The number of hydrogen-bond acceptors (Lipinski definition) is 4. The zero-order valence-electron chi connectivity index (χ0n) is 13.3. The largest absolute Gasteiger partial charge is 0.492 e. The zero-order valence-corrected chi connectivity index (χ0v) is 13.3. The van der Waals surface area contributed by atoms with E-state index in [9.17, 15) is 13.6 Å². The molecule has 0 saturated heterocycles. The van der Waals surface area contributed by atoms with E-state index in [0.29, 0.717) is 11.5 Å². The highest BCUT2D eigenvalue weighted by atomic mass is 19.1. The highest BCUT2D eigenvalue weighted by molar-refractivity contribution is 5.67. The molecular formula is C18H17F2NO4. The van der Waals surface area contributed by atoms with Gasteiger partial charge in [0.2, 0.25) is 0 Å². The van der Waals surface area contributed by atoms with Crippen molar-refractivity contribution < 1.29 is 27.8 Å². The van der Waals surface area contributed by atoms with E-state index in [4.69, 9.17) is 14.2 Å². The highest BCUT2D eigenvalue weighted by Gasteiger charge is 2.04. The molecule has 0 saturated carbocycles. The Labute approximate surface area is 143 Å². The van der Waals surface area contributed by atoms with Crippen molar-refractivity contribution in [1.29, 1.82) is 0 Å². The Hall–Kier alpha value is -3.09. The summed E-state index contributed by atoms with van der Waals surface area (Å²) >= 11 is 0. The van der Waals surface area contributed by atoms with Gasteiger partial charge in [0.15, 0.2) is 0 Å². The number of carbonyl (C=O) groups is 1. The fraction of sp³-hybridized carbons (Fsp3) is 0.167. The maximum Gasteiger partial charge on any atom is 0.407 e. The Balaban J connectivity index is 1.78. The summed E-state index contributed by atoms with van der Waals surface area (Å²) in [5.41, 5.74) is 0. The minimum atomic E-state index is -0.714. The van der Waals surface area contributed by atoms with Crippen molar-refractivity contribution in [3.8, 4) is 17.2 Å². The molecule has 0 fully saturated rings. The van der Waals surface area contributed by atoms with Crippen molar-refractivity contribution in [1.82, 2.24) is 5.32 Å². The number of rotatable bonds is 8. The van der Waals surface area contributed by atoms with Crippen LogP contribution in [0.4, 0.5) is 13.6 Å². The van der Waals surface area contributed by atoms with E-state index in [-0.39, 0.29) is 25.5 Å². The van der Waals surface area contributed by atoms with Crippen LogP contribution in [0.3, 0.4) is 0 Å². The van der Waals surface area contributed by atoms with Crippen LogP contribution < -0.4 is 14.8 Å². The van der Waals surface area contributed by atoms with Gasteiger partial charge >= 0.3 is 6.09 Å². The van der Waals surface area contributed by atoms with Crippen molar-refractivity contribution in [2.75, 3.05) is 19.8 Å². The van der Waals surface area contributed by atoms with Gasteiger partial charge in [0.25, 0.3) is 0 Å². The molecule has 0 unspecified atom stereocenters. The Morgan fingerprint density at radius 1 is 1.04 bits per heavy atom. The maximum atomic E-state index is 13.1. The fourth-order valence-corrected chi connectivity index (χ4v) is 1.84. The summed E-state index contributed by atoms with van der Waals surface area (Å²) in [6.45, 7) is 4.10. The second kappa shape index (κ2) is 9.27. The summed E-state index contributed by atoms with van der Waals surface area (Å²) in [6.07, 6.45) is 0.923. The summed E-state index contributed by atoms with van der Waals surface area (Å²) in [6, 6.07) is 9.43. The van der Waals surface area contributed by atoms with Gasteiger partial charge < -0.3 is 19.5 Å². The molecule has 0 radical (unpaired) electrons. The van der Waals surface area contributed by atoms with Crippen LogP contribution in [-0.2, 0) is 4.74 Å². The molecule has 0 heterocycles. The van der Waals surface area contributed by atoms with Crippen molar-refractivity contribution in [3.05, 3.63) is 66.8 Å². The molecule has 0 atom stereocenters. The van der Waals surface area contributed by atoms with E-state index >= 15 is 0 Å². The molecular weight excluding hydrogens is 332 g/mol. The van der Waals surface area contributed by atoms with Crippen LogP contribution in [0.2, 0.25) is 0 Å². The SMILES string of the molecule is C=CCOC(=O)NCCOc1ccc(Oc2cc(F)cc(F)c2)cc1. The monoisotopic (exact) mass is 349 g/mol. The number of halogens is 2. The molecule has 0 spiro atoms. The first-order valence-corrected chi connectivity index (χ1v) is 7.45. The summed E-state index contributed by atoms with van der Waals surface area (Å²) in [5.74, 6) is -0.404. The smallest absolute Gasteiger partial charge is 0.407 e. The molecule has 0 bridgehead atoms. The maximum absolute atomic E-state index is 13.1. The van der Waals surface area contributed by atoms with Crippen molar-refractivity contribution in [2.24, 2.45) is 0 Å². The van der Waals surface area contributed by atoms with Gasteiger partial charge in [0, 0.05) is 18.2 Å².